The molecule has 2 N–H and O–H groups in total. The lowest BCUT2D eigenvalue weighted by atomic mass is 10.2. The number of hydrogen-bond acceptors (Lipinski definition) is 1. The lowest BCUT2D eigenvalue weighted by Crippen LogP contribution is -2.06. The Hall–Kier alpha value is -1.53. The van der Waals surface area contributed by atoms with E-state index in [1.54, 1.807) is 0 Å². The predicted molar refractivity (Wildman–Crippen MR) is 47.5 cm³/mol. The maximum absolute atomic E-state index is 12.9. The van der Waals surface area contributed by atoms with E-state index in [9.17, 15) is 9.18 Å². The zero-order chi connectivity index (χ0) is 9.84. The van der Waals surface area contributed by atoms with Crippen LogP contribution in [-0.4, -0.2) is 5.91 Å². The van der Waals surface area contributed by atoms with E-state index in [1.807, 2.05) is 5.92 Å². The van der Waals surface area contributed by atoms with Crippen LogP contribution in [0.5, 0.6) is 0 Å². The monoisotopic (exact) mass is 197 g/mol. The second-order valence-corrected chi connectivity index (χ2v) is 2.67. The van der Waals surface area contributed by atoms with Crippen LogP contribution in [0.4, 0.5) is 4.39 Å². The fraction of sp³-hybridized carbons (Fsp3) is 0. The van der Waals surface area contributed by atoms with Crippen LogP contribution in [0.3, 0.4) is 0 Å². The molecule has 1 aromatic rings. The van der Waals surface area contributed by atoms with Crippen molar-refractivity contribution in [1.29, 1.82) is 0 Å². The van der Waals surface area contributed by atoms with E-state index in [4.69, 9.17) is 17.3 Å². The Morgan fingerprint density at radius 2 is 2.23 bits per heavy atom. The summed E-state index contributed by atoms with van der Waals surface area (Å²) >= 11 is 5.58. The summed E-state index contributed by atoms with van der Waals surface area (Å²) in [5, 5.41) is 0.357. The molecule has 13 heavy (non-hydrogen) atoms. The molecule has 0 aromatic heterocycles. The fourth-order valence-corrected chi connectivity index (χ4v) is 0.894. The Balaban J connectivity index is 3.09. The molecule has 0 aliphatic carbocycles. The quantitative estimate of drug-likeness (QED) is 0.627. The van der Waals surface area contributed by atoms with Gasteiger partial charge in [-0.25, -0.2) is 4.39 Å². The summed E-state index contributed by atoms with van der Waals surface area (Å²) in [6, 6.07) is 3.90. The van der Waals surface area contributed by atoms with Crippen LogP contribution in [0.1, 0.15) is 5.56 Å². The van der Waals surface area contributed by atoms with Gasteiger partial charge in [0.2, 0.25) is 0 Å². The fourth-order valence-electron chi connectivity index (χ4n) is 0.722. The number of halogens is 2. The Morgan fingerprint density at radius 3 is 2.85 bits per heavy atom. The average Bonchev–Trinajstić information content (AvgIpc) is 2.06. The molecule has 0 radical (unpaired) electrons. The van der Waals surface area contributed by atoms with Crippen molar-refractivity contribution < 1.29 is 9.18 Å². The molecule has 4 heteroatoms. The molecule has 66 valence electrons. The first-order valence-electron chi connectivity index (χ1n) is 3.36. The molecule has 0 fully saturated rings. The van der Waals surface area contributed by atoms with Gasteiger partial charge in [-0.2, -0.15) is 0 Å². The van der Waals surface area contributed by atoms with Crippen LogP contribution >= 0.6 is 11.6 Å². The van der Waals surface area contributed by atoms with Crippen molar-refractivity contribution in [2.24, 2.45) is 5.73 Å². The van der Waals surface area contributed by atoms with Gasteiger partial charge >= 0.3 is 0 Å². The SMILES string of the molecule is NC(=O)C#Cc1cc(Cl)ccc1F. The molecule has 1 amide bonds. The molecule has 0 heterocycles. The predicted octanol–water partition coefficient (Wildman–Crippen LogP) is 1.32. The molecule has 0 saturated carbocycles. The number of carbonyl (C=O) groups is 1. The van der Waals surface area contributed by atoms with Crippen LogP contribution < -0.4 is 5.73 Å². The van der Waals surface area contributed by atoms with Crippen molar-refractivity contribution in [3.63, 3.8) is 0 Å². The second-order valence-electron chi connectivity index (χ2n) is 2.24. The summed E-state index contributed by atoms with van der Waals surface area (Å²) in [5.74, 6) is 2.95. The molecule has 2 nitrogen and oxygen atoms in total. The summed E-state index contributed by atoms with van der Waals surface area (Å²) in [7, 11) is 0. The van der Waals surface area contributed by atoms with Gasteiger partial charge in [0.25, 0.3) is 5.91 Å². The van der Waals surface area contributed by atoms with Crippen LogP contribution in [0.15, 0.2) is 18.2 Å². The third-order valence-electron chi connectivity index (χ3n) is 1.25. The average molecular weight is 198 g/mol. The normalized spacial score (nSPS) is 8.77. The number of hydrogen-bond donors (Lipinski definition) is 1. The highest BCUT2D eigenvalue weighted by atomic mass is 35.5. The summed E-state index contributed by atoms with van der Waals surface area (Å²) in [4.78, 5) is 10.3. The molecule has 0 aliphatic heterocycles. The third kappa shape index (κ3) is 2.77. The van der Waals surface area contributed by atoms with E-state index < -0.39 is 11.7 Å². The van der Waals surface area contributed by atoms with Gasteiger partial charge in [-0.15, -0.1) is 0 Å². The molecule has 0 bridgehead atoms. The molecule has 0 aliphatic rings. The van der Waals surface area contributed by atoms with Gasteiger partial charge in [0.05, 0.1) is 5.56 Å². The Morgan fingerprint density at radius 1 is 1.54 bits per heavy atom. The number of benzene rings is 1. The Kier molecular flexibility index (Phi) is 2.88. The Bertz CT molecular complexity index is 406. The maximum Gasteiger partial charge on any atom is 0.293 e. The lowest BCUT2D eigenvalue weighted by molar-refractivity contribution is -0.112. The van der Waals surface area contributed by atoms with Crippen LogP contribution in [-0.2, 0) is 4.79 Å². The molecule has 0 unspecified atom stereocenters. The lowest BCUT2D eigenvalue weighted by Gasteiger charge is -1.93. The van der Waals surface area contributed by atoms with E-state index in [0.29, 0.717) is 5.02 Å². The summed E-state index contributed by atoms with van der Waals surface area (Å²) in [6.07, 6.45) is 0. The van der Waals surface area contributed by atoms with Gasteiger partial charge < -0.3 is 5.73 Å². The Labute approximate surface area is 79.5 Å². The first-order chi connectivity index (χ1) is 6.09. The highest BCUT2D eigenvalue weighted by Gasteiger charge is 1.98. The van der Waals surface area contributed by atoms with E-state index in [0.717, 1.165) is 0 Å². The minimum atomic E-state index is -0.806. The molecular formula is C9H5ClFNO. The minimum absolute atomic E-state index is 0.0614. The van der Waals surface area contributed by atoms with E-state index in [2.05, 4.69) is 5.92 Å². The minimum Gasteiger partial charge on any atom is -0.359 e. The number of nitrogens with two attached hydrogens (primary N) is 1. The van der Waals surface area contributed by atoms with E-state index in [-0.39, 0.29) is 5.56 Å². The zero-order valence-electron chi connectivity index (χ0n) is 6.47. The smallest absolute Gasteiger partial charge is 0.293 e. The summed E-state index contributed by atoms with van der Waals surface area (Å²) in [6.45, 7) is 0. The van der Waals surface area contributed by atoms with Gasteiger partial charge in [-0.1, -0.05) is 17.5 Å². The van der Waals surface area contributed by atoms with Gasteiger partial charge in [0, 0.05) is 10.9 Å². The van der Waals surface area contributed by atoms with Crippen molar-refractivity contribution in [2.75, 3.05) is 0 Å². The number of amides is 1. The van der Waals surface area contributed by atoms with Crippen LogP contribution in [0.25, 0.3) is 0 Å². The summed E-state index contributed by atoms with van der Waals surface area (Å²) in [5.41, 5.74) is 4.82. The molecule has 0 atom stereocenters. The van der Waals surface area contributed by atoms with Gasteiger partial charge in [-0.05, 0) is 18.2 Å². The largest absolute Gasteiger partial charge is 0.359 e. The van der Waals surface area contributed by atoms with Crippen molar-refractivity contribution in [1.82, 2.24) is 0 Å². The second kappa shape index (κ2) is 3.92. The van der Waals surface area contributed by atoms with Crippen LogP contribution in [0, 0.1) is 17.7 Å². The molecule has 1 rings (SSSR count). The third-order valence-corrected chi connectivity index (χ3v) is 1.48. The van der Waals surface area contributed by atoms with Crippen molar-refractivity contribution >= 4 is 17.5 Å². The van der Waals surface area contributed by atoms with Gasteiger partial charge in [0.15, 0.2) is 0 Å². The van der Waals surface area contributed by atoms with Gasteiger partial charge in [-0.3, -0.25) is 4.79 Å². The van der Waals surface area contributed by atoms with E-state index >= 15 is 0 Å². The molecule has 1 aromatic carbocycles. The molecule has 0 spiro atoms. The van der Waals surface area contributed by atoms with Crippen LogP contribution in [0.2, 0.25) is 5.02 Å². The molecule has 0 saturated heterocycles. The number of primary amides is 1. The standard InChI is InChI=1S/C9H5ClFNO/c10-7-2-3-8(11)6(5-7)1-4-9(12)13/h2-3,5H,(H2,12,13). The van der Waals surface area contributed by atoms with Crippen molar-refractivity contribution in [2.45, 2.75) is 0 Å². The zero-order valence-corrected chi connectivity index (χ0v) is 7.23. The van der Waals surface area contributed by atoms with E-state index in [1.165, 1.54) is 18.2 Å². The summed E-state index contributed by atoms with van der Waals surface area (Å²) < 4.78 is 12.9. The highest BCUT2D eigenvalue weighted by Crippen LogP contribution is 2.13. The first-order valence-corrected chi connectivity index (χ1v) is 3.74. The maximum atomic E-state index is 12.9. The number of rotatable bonds is 0. The van der Waals surface area contributed by atoms with Crippen molar-refractivity contribution in [3.8, 4) is 11.8 Å². The molecular weight excluding hydrogens is 193 g/mol. The first kappa shape index (κ1) is 9.56. The number of carbonyl (C=O) groups excluding carboxylic acids is 1. The van der Waals surface area contributed by atoms with Crippen molar-refractivity contribution in [3.05, 3.63) is 34.6 Å². The highest BCUT2D eigenvalue weighted by molar-refractivity contribution is 6.30. The van der Waals surface area contributed by atoms with Gasteiger partial charge in [0.1, 0.15) is 5.82 Å². The topological polar surface area (TPSA) is 43.1 Å².